The summed E-state index contributed by atoms with van der Waals surface area (Å²) in [5.74, 6) is 0.265. The molecule has 0 aromatic carbocycles. The molecule has 0 aliphatic carbocycles. The molecule has 1 heterocycles. The molecular formula is C17H28O4. The van der Waals surface area contributed by atoms with E-state index in [9.17, 15) is 0 Å². The van der Waals surface area contributed by atoms with Gasteiger partial charge in [-0.1, -0.05) is 37.3 Å². The first-order valence-electron chi connectivity index (χ1n) is 7.48. The fourth-order valence-corrected chi connectivity index (χ4v) is 2.55. The molecule has 1 rings (SSSR count). The highest BCUT2D eigenvalue weighted by Gasteiger charge is 2.40. The quantitative estimate of drug-likeness (QED) is 0.733. The minimum atomic E-state index is -0.197. The Labute approximate surface area is 128 Å². The number of allylic oxidation sites excluding steroid dienone is 5. The van der Waals surface area contributed by atoms with E-state index in [0.29, 0.717) is 13.2 Å². The predicted octanol–water partition coefficient (Wildman–Crippen LogP) is 2.49. The van der Waals surface area contributed by atoms with E-state index in [0.717, 1.165) is 5.57 Å². The average Bonchev–Trinajstić information content (AvgIpc) is 2.49. The van der Waals surface area contributed by atoms with Gasteiger partial charge in [0.2, 0.25) is 0 Å². The lowest BCUT2D eigenvalue weighted by Crippen LogP contribution is -2.52. The monoisotopic (exact) mass is 296 g/mol. The van der Waals surface area contributed by atoms with E-state index in [-0.39, 0.29) is 30.8 Å². The number of methoxy groups -OCH3 is 1. The van der Waals surface area contributed by atoms with E-state index < -0.39 is 0 Å². The van der Waals surface area contributed by atoms with Crippen molar-refractivity contribution in [2.75, 3.05) is 26.9 Å². The molecule has 1 aliphatic heterocycles. The summed E-state index contributed by atoms with van der Waals surface area (Å²) >= 11 is 0. The molecule has 0 spiro atoms. The first-order chi connectivity index (χ1) is 10.2. The maximum absolute atomic E-state index is 9.01. The zero-order valence-electron chi connectivity index (χ0n) is 13.5. The summed E-state index contributed by atoms with van der Waals surface area (Å²) in [7, 11) is 1.70. The van der Waals surface area contributed by atoms with Crippen molar-refractivity contribution in [1.82, 2.24) is 0 Å². The van der Waals surface area contributed by atoms with E-state index in [1.807, 2.05) is 44.2 Å². The minimum Gasteiger partial charge on any atom is -0.394 e. The van der Waals surface area contributed by atoms with Gasteiger partial charge in [-0.05, 0) is 19.4 Å². The molecule has 0 aromatic rings. The van der Waals surface area contributed by atoms with Crippen molar-refractivity contribution in [2.24, 2.45) is 5.92 Å². The first kappa shape index (κ1) is 18.1. The molecule has 1 N–H and O–H groups in total. The third kappa shape index (κ3) is 5.40. The molecule has 4 nitrogen and oxygen atoms in total. The number of rotatable bonds is 7. The number of hydrogen-bond acceptors (Lipinski definition) is 4. The van der Waals surface area contributed by atoms with Gasteiger partial charge in [0, 0.05) is 13.0 Å². The van der Waals surface area contributed by atoms with Gasteiger partial charge in [-0.15, -0.1) is 0 Å². The Morgan fingerprint density at radius 3 is 2.67 bits per heavy atom. The fraction of sp³-hybridized carbons (Fsp3) is 0.647. The first-order valence-corrected chi connectivity index (χ1v) is 7.48. The Morgan fingerprint density at radius 1 is 1.29 bits per heavy atom. The molecule has 0 saturated carbocycles. The second-order valence-electron chi connectivity index (χ2n) is 5.31. The van der Waals surface area contributed by atoms with Crippen molar-refractivity contribution in [3.8, 4) is 0 Å². The number of ether oxygens (including phenoxy) is 3. The van der Waals surface area contributed by atoms with Crippen LogP contribution in [0.1, 0.15) is 20.8 Å². The molecule has 1 saturated heterocycles. The molecule has 0 aromatic heterocycles. The third-order valence-corrected chi connectivity index (χ3v) is 3.62. The zero-order chi connectivity index (χ0) is 15.7. The highest BCUT2D eigenvalue weighted by Crippen LogP contribution is 2.28. The van der Waals surface area contributed by atoms with Crippen LogP contribution in [0.4, 0.5) is 0 Å². The zero-order valence-corrected chi connectivity index (χ0v) is 13.5. The van der Waals surface area contributed by atoms with Crippen LogP contribution in [0.3, 0.4) is 0 Å². The maximum Gasteiger partial charge on any atom is 0.114 e. The number of aliphatic hydroxyl groups excluding tert-OH is 1. The highest BCUT2D eigenvalue weighted by atomic mass is 16.6. The van der Waals surface area contributed by atoms with Crippen molar-refractivity contribution >= 4 is 0 Å². The number of hydrogen-bond donors (Lipinski definition) is 1. The second kappa shape index (κ2) is 9.90. The van der Waals surface area contributed by atoms with Crippen LogP contribution in [0.15, 0.2) is 36.0 Å². The van der Waals surface area contributed by atoms with Crippen molar-refractivity contribution < 1.29 is 19.3 Å². The number of aliphatic hydroxyl groups is 1. The van der Waals surface area contributed by atoms with Gasteiger partial charge in [0.15, 0.2) is 0 Å². The molecule has 0 radical (unpaired) electrons. The van der Waals surface area contributed by atoms with Crippen LogP contribution in [0, 0.1) is 5.92 Å². The van der Waals surface area contributed by atoms with Gasteiger partial charge in [-0.2, -0.15) is 0 Å². The third-order valence-electron chi connectivity index (χ3n) is 3.62. The Morgan fingerprint density at radius 2 is 2.05 bits per heavy atom. The largest absolute Gasteiger partial charge is 0.394 e. The highest BCUT2D eigenvalue weighted by molar-refractivity contribution is 5.20. The summed E-state index contributed by atoms with van der Waals surface area (Å²) in [4.78, 5) is 0. The fourth-order valence-electron chi connectivity index (χ4n) is 2.55. The van der Waals surface area contributed by atoms with Crippen LogP contribution in [-0.2, 0) is 14.2 Å². The molecule has 4 atom stereocenters. The summed E-state index contributed by atoms with van der Waals surface area (Å²) in [6, 6.07) is 0. The van der Waals surface area contributed by atoms with Gasteiger partial charge in [0.1, 0.15) is 12.2 Å². The van der Waals surface area contributed by atoms with E-state index >= 15 is 0 Å². The van der Waals surface area contributed by atoms with E-state index in [4.69, 9.17) is 19.3 Å². The smallest absolute Gasteiger partial charge is 0.114 e. The summed E-state index contributed by atoms with van der Waals surface area (Å²) in [6.45, 7) is 7.03. The molecule has 0 bridgehead atoms. The normalized spacial score (nSPS) is 31.4. The van der Waals surface area contributed by atoms with Crippen LogP contribution < -0.4 is 0 Å². The topological polar surface area (TPSA) is 47.9 Å². The molecule has 21 heavy (non-hydrogen) atoms. The van der Waals surface area contributed by atoms with E-state index in [1.54, 1.807) is 7.11 Å². The summed E-state index contributed by atoms with van der Waals surface area (Å²) in [5, 5.41) is 9.01. The van der Waals surface area contributed by atoms with Crippen molar-refractivity contribution in [3.05, 3.63) is 36.0 Å². The van der Waals surface area contributed by atoms with Crippen molar-refractivity contribution in [3.63, 3.8) is 0 Å². The summed E-state index contributed by atoms with van der Waals surface area (Å²) < 4.78 is 17.3. The minimum absolute atomic E-state index is 0.00199. The van der Waals surface area contributed by atoms with Crippen LogP contribution >= 0.6 is 0 Å². The Hall–Kier alpha value is -0.940. The van der Waals surface area contributed by atoms with Crippen molar-refractivity contribution in [1.29, 1.82) is 0 Å². The van der Waals surface area contributed by atoms with Crippen LogP contribution in [-0.4, -0.2) is 50.3 Å². The summed E-state index contributed by atoms with van der Waals surface area (Å²) in [5.41, 5.74) is 1.09. The molecule has 1 aliphatic rings. The molecular weight excluding hydrogens is 268 g/mol. The molecule has 0 amide bonds. The maximum atomic E-state index is 9.01. The van der Waals surface area contributed by atoms with Crippen LogP contribution in [0.2, 0.25) is 0 Å². The van der Waals surface area contributed by atoms with Gasteiger partial charge in [-0.3, -0.25) is 0 Å². The van der Waals surface area contributed by atoms with Crippen molar-refractivity contribution in [2.45, 2.75) is 39.1 Å². The van der Waals surface area contributed by atoms with E-state index in [2.05, 4.69) is 6.92 Å². The van der Waals surface area contributed by atoms with Crippen LogP contribution in [0.5, 0.6) is 0 Å². The Kier molecular flexibility index (Phi) is 8.54. The standard InChI is InChI=1S/C17H28O4/c1-5-6-7-8-9-13(2)16-17(20-11-10-18)15(19-4)14(3)12-21-16/h5-9,14-18H,10-12H2,1-4H3/t14-,15-,16-,17+/m1/s1. The van der Waals surface area contributed by atoms with Gasteiger partial charge < -0.3 is 19.3 Å². The van der Waals surface area contributed by atoms with Gasteiger partial charge in [-0.25, -0.2) is 0 Å². The van der Waals surface area contributed by atoms with Gasteiger partial charge >= 0.3 is 0 Å². The lowest BCUT2D eigenvalue weighted by atomic mass is 9.90. The molecule has 4 heteroatoms. The van der Waals surface area contributed by atoms with Crippen LogP contribution in [0.25, 0.3) is 0 Å². The molecule has 1 fully saturated rings. The van der Waals surface area contributed by atoms with Gasteiger partial charge in [0.05, 0.1) is 25.9 Å². The SMILES string of the molecule is CC=CC=CC=C(C)[C@H]1OC[C@@H](C)[C@@H](OC)[C@@H]1OCCO. The lowest BCUT2D eigenvalue weighted by Gasteiger charge is -2.41. The Balaban J connectivity index is 2.84. The van der Waals surface area contributed by atoms with E-state index in [1.165, 1.54) is 0 Å². The molecule has 0 unspecified atom stereocenters. The Bertz CT molecular complexity index is 373. The summed E-state index contributed by atoms with van der Waals surface area (Å²) in [6.07, 6.45) is 9.58. The van der Waals surface area contributed by atoms with Gasteiger partial charge in [0.25, 0.3) is 0 Å². The predicted molar refractivity (Wildman–Crippen MR) is 84.2 cm³/mol. The average molecular weight is 296 g/mol. The second-order valence-corrected chi connectivity index (χ2v) is 5.31. The lowest BCUT2D eigenvalue weighted by molar-refractivity contribution is -0.182. The molecule has 120 valence electrons.